The van der Waals surface area contributed by atoms with Crippen molar-refractivity contribution in [1.29, 1.82) is 0 Å². The van der Waals surface area contributed by atoms with E-state index in [4.69, 9.17) is 0 Å². The van der Waals surface area contributed by atoms with E-state index in [9.17, 15) is 20.1 Å². The first-order valence-corrected chi connectivity index (χ1v) is 14.3. The van der Waals surface area contributed by atoms with Crippen molar-refractivity contribution in [2.24, 2.45) is 56.2 Å². The van der Waals surface area contributed by atoms with Crippen molar-refractivity contribution in [3.05, 3.63) is 11.6 Å². The number of fused-ring (bicyclic) bond motifs is 7. The highest BCUT2D eigenvalue weighted by atomic mass is 16.4. The number of aliphatic carboxylic acids is 1. The first kappa shape index (κ1) is 25.8. The van der Waals surface area contributed by atoms with Gasteiger partial charge in [0.1, 0.15) is 0 Å². The SMILES string of the molecule is C[C@H]1[C@H](C)CC[C@]2(C(=O)O)CC[C@]3(C)C(=CC[C@@H]4[C@@]5(C)C[C@@H](O)[C@H](O)C(C)(C)[C@]5(C)CC[C@]43C)[C@H]12. The molecule has 0 bridgehead atoms. The Bertz CT molecular complexity index is 954. The molecule has 198 valence electrons. The van der Waals surface area contributed by atoms with Crippen LogP contribution in [0, 0.1) is 56.2 Å². The largest absolute Gasteiger partial charge is 0.481 e. The van der Waals surface area contributed by atoms with Crippen molar-refractivity contribution >= 4 is 5.97 Å². The topological polar surface area (TPSA) is 77.8 Å². The molecule has 0 spiro atoms. The average molecular weight is 487 g/mol. The Morgan fingerprint density at radius 3 is 2.20 bits per heavy atom. The van der Waals surface area contributed by atoms with Gasteiger partial charge in [-0.3, -0.25) is 4.79 Å². The molecule has 11 atom stereocenters. The first-order valence-electron chi connectivity index (χ1n) is 14.3. The molecule has 4 fully saturated rings. The predicted octanol–water partition coefficient (Wildman–Crippen LogP) is 6.45. The van der Waals surface area contributed by atoms with Gasteiger partial charge in [0.05, 0.1) is 17.6 Å². The van der Waals surface area contributed by atoms with Gasteiger partial charge in [0.25, 0.3) is 0 Å². The van der Waals surface area contributed by atoms with Crippen LogP contribution in [0.1, 0.15) is 107 Å². The molecule has 5 rings (SSSR count). The van der Waals surface area contributed by atoms with Crippen LogP contribution in [-0.2, 0) is 4.79 Å². The van der Waals surface area contributed by atoms with Gasteiger partial charge in [0.15, 0.2) is 0 Å². The summed E-state index contributed by atoms with van der Waals surface area (Å²) >= 11 is 0. The molecule has 0 amide bonds. The van der Waals surface area contributed by atoms with Crippen molar-refractivity contribution < 1.29 is 20.1 Å². The minimum absolute atomic E-state index is 0.0274. The Morgan fingerprint density at radius 2 is 1.57 bits per heavy atom. The van der Waals surface area contributed by atoms with Crippen molar-refractivity contribution in [3.63, 3.8) is 0 Å². The zero-order valence-corrected chi connectivity index (χ0v) is 23.4. The smallest absolute Gasteiger partial charge is 0.310 e. The Hall–Kier alpha value is -0.870. The highest BCUT2D eigenvalue weighted by Crippen LogP contribution is 2.78. The summed E-state index contributed by atoms with van der Waals surface area (Å²) in [6.07, 6.45) is 8.36. The maximum atomic E-state index is 12.8. The normalized spacial score (nSPS) is 57.1. The number of allylic oxidation sites excluding steroid dienone is 2. The van der Waals surface area contributed by atoms with Crippen molar-refractivity contribution in [3.8, 4) is 0 Å². The quantitative estimate of drug-likeness (QED) is 0.372. The van der Waals surface area contributed by atoms with E-state index in [-0.39, 0.29) is 33.0 Å². The van der Waals surface area contributed by atoms with Crippen LogP contribution in [0.5, 0.6) is 0 Å². The number of carboxylic acid groups (broad SMARTS) is 1. The van der Waals surface area contributed by atoms with Crippen LogP contribution in [0.3, 0.4) is 0 Å². The summed E-state index contributed by atoms with van der Waals surface area (Å²) in [5.41, 5.74) is 0.322. The third kappa shape index (κ3) is 2.75. The molecular formula is C31H50O4. The van der Waals surface area contributed by atoms with Gasteiger partial charge in [-0.15, -0.1) is 0 Å². The molecule has 0 radical (unpaired) electrons. The summed E-state index contributed by atoms with van der Waals surface area (Å²) in [6, 6.07) is 0. The lowest BCUT2D eigenvalue weighted by Gasteiger charge is -2.75. The van der Waals surface area contributed by atoms with Crippen molar-refractivity contribution in [1.82, 2.24) is 0 Å². The molecule has 4 nitrogen and oxygen atoms in total. The second kappa shape index (κ2) is 7.37. The van der Waals surface area contributed by atoms with Crippen LogP contribution in [0.25, 0.3) is 0 Å². The number of carboxylic acids is 1. The summed E-state index contributed by atoms with van der Waals surface area (Å²) in [7, 11) is 0. The molecule has 0 aliphatic heterocycles. The van der Waals surface area contributed by atoms with E-state index in [1.807, 2.05) is 0 Å². The summed E-state index contributed by atoms with van der Waals surface area (Å²) in [5, 5.41) is 32.7. The van der Waals surface area contributed by atoms with Gasteiger partial charge in [-0.25, -0.2) is 0 Å². The van der Waals surface area contributed by atoms with Gasteiger partial charge in [0, 0.05) is 0 Å². The summed E-state index contributed by atoms with van der Waals surface area (Å²) in [6.45, 7) is 18.7. The van der Waals surface area contributed by atoms with Gasteiger partial charge in [-0.05, 0) is 102 Å². The minimum Gasteiger partial charge on any atom is -0.481 e. The third-order valence-electron chi connectivity index (χ3n) is 14.5. The van der Waals surface area contributed by atoms with Crippen LogP contribution >= 0.6 is 0 Å². The number of aliphatic hydroxyl groups is 2. The maximum absolute atomic E-state index is 12.8. The van der Waals surface area contributed by atoms with E-state index in [0.717, 1.165) is 44.9 Å². The Kier molecular flexibility index (Phi) is 5.42. The number of hydrogen-bond acceptors (Lipinski definition) is 3. The van der Waals surface area contributed by atoms with Crippen molar-refractivity contribution in [2.75, 3.05) is 0 Å². The van der Waals surface area contributed by atoms with E-state index < -0.39 is 23.6 Å². The van der Waals surface area contributed by atoms with E-state index in [0.29, 0.717) is 24.2 Å². The highest BCUT2D eigenvalue weighted by Gasteiger charge is 2.73. The lowest BCUT2D eigenvalue weighted by Crippen LogP contribution is -2.71. The second-order valence-corrected chi connectivity index (χ2v) is 15.2. The summed E-state index contributed by atoms with van der Waals surface area (Å²) < 4.78 is 0. The Labute approximate surface area is 213 Å². The lowest BCUT2D eigenvalue weighted by atomic mass is 9.30. The van der Waals surface area contributed by atoms with E-state index in [1.165, 1.54) is 5.57 Å². The fraction of sp³-hybridized carbons (Fsp3) is 0.903. The number of carbonyl (C=O) groups is 1. The maximum Gasteiger partial charge on any atom is 0.310 e. The fourth-order valence-electron chi connectivity index (χ4n) is 11.1. The molecule has 0 heterocycles. The lowest BCUT2D eigenvalue weighted by molar-refractivity contribution is -0.274. The van der Waals surface area contributed by atoms with Gasteiger partial charge < -0.3 is 15.3 Å². The highest BCUT2D eigenvalue weighted by molar-refractivity contribution is 5.76. The zero-order valence-electron chi connectivity index (χ0n) is 23.4. The Morgan fingerprint density at radius 1 is 0.914 bits per heavy atom. The molecule has 0 aromatic rings. The molecule has 35 heavy (non-hydrogen) atoms. The molecule has 0 aromatic carbocycles. The summed E-state index contributed by atoms with van der Waals surface area (Å²) in [5.74, 6) is 0.866. The molecule has 0 unspecified atom stereocenters. The predicted molar refractivity (Wildman–Crippen MR) is 139 cm³/mol. The fourth-order valence-corrected chi connectivity index (χ4v) is 11.1. The van der Waals surface area contributed by atoms with Crippen LogP contribution in [0.15, 0.2) is 11.6 Å². The van der Waals surface area contributed by atoms with Crippen LogP contribution in [0.4, 0.5) is 0 Å². The number of hydrogen-bond donors (Lipinski definition) is 3. The monoisotopic (exact) mass is 486 g/mol. The molecular weight excluding hydrogens is 436 g/mol. The van der Waals surface area contributed by atoms with Crippen LogP contribution in [-0.4, -0.2) is 33.5 Å². The molecule has 5 aliphatic carbocycles. The van der Waals surface area contributed by atoms with Crippen LogP contribution in [0.2, 0.25) is 0 Å². The molecule has 0 aromatic heterocycles. The average Bonchev–Trinajstić information content (AvgIpc) is 2.78. The van der Waals surface area contributed by atoms with E-state index in [1.54, 1.807) is 0 Å². The second-order valence-electron chi connectivity index (χ2n) is 15.2. The standard InChI is InChI=1S/C31H50O4/c1-18-11-12-31(25(34)35)16-14-27(5)20(23(31)19(18)2)9-10-22-28(27,6)13-15-30(8)26(3,4)24(33)21(32)17-29(22,30)7/h9,18-19,21-24,32-33H,10-17H2,1-8H3,(H,34,35)/t18-,19+,21-,22+,23+,24+,27-,28-,29-,30+,31+/m1/s1. The zero-order chi connectivity index (χ0) is 26.0. The molecule has 4 heteroatoms. The van der Waals surface area contributed by atoms with Gasteiger partial charge in [0.2, 0.25) is 0 Å². The molecule has 5 aliphatic rings. The molecule has 0 saturated heterocycles. The van der Waals surface area contributed by atoms with Gasteiger partial charge in [-0.1, -0.05) is 67.0 Å². The van der Waals surface area contributed by atoms with E-state index >= 15 is 0 Å². The van der Waals surface area contributed by atoms with Crippen LogP contribution < -0.4 is 0 Å². The summed E-state index contributed by atoms with van der Waals surface area (Å²) in [4.78, 5) is 12.8. The van der Waals surface area contributed by atoms with Crippen molar-refractivity contribution in [2.45, 2.75) is 119 Å². The van der Waals surface area contributed by atoms with Gasteiger partial charge in [-0.2, -0.15) is 0 Å². The van der Waals surface area contributed by atoms with E-state index in [2.05, 4.69) is 61.5 Å². The Balaban J connectivity index is 1.65. The molecule has 3 N–H and O–H groups in total. The number of rotatable bonds is 1. The number of aliphatic hydroxyl groups excluding tert-OH is 2. The third-order valence-corrected chi connectivity index (χ3v) is 14.5. The van der Waals surface area contributed by atoms with Gasteiger partial charge >= 0.3 is 5.97 Å². The first-order chi connectivity index (χ1) is 16.0. The molecule has 4 saturated carbocycles. The minimum atomic E-state index is -0.703.